The normalized spacial score (nSPS) is 11.8. The second kappa shape index (κ2) is 11.0. The molecule has 29 heavy (non-hydrogen) atoms. The van der Waals surface area contributed by atoms with Gasteiger partial charge >= 0.3 is 0 Å². The van der Waals surface area contributed by atoms with Gasteiger partial charge in [0, 0.05) is 23.2 Å². The van der Waals surface area contributed by atoms with E-state index in [4.69, 9.17) is 9.72 Å². The topological polar surface area (TPSA) is 51.2 Å². The molecule has 1 heterocycles. The van der Waals surface area contributed by atoms with Crippen LogP contribution >= 0.6 is 23.1 Å². The van der Waals surface area contributed by atoms with Gasteiger partial charge in [-0.05, 0) is 50.1 Å². The van der Waals surface area contributed by atoms with Gasteiger partial charge in [0.1, 0.15) is 10.8 Å². The fourth-order valence-electron chi connectivity index (χ4n) is 2.77. The van der Waals surface area contributed by atoms with Crippen molar-refractivity contribution < 1.29 is 9.53 Å². The molecule has 3 rings (SSSR count). The lowest BCUT2D eigenvalue weighted by Gasteiger charge is -2.11. The second-order valence-electron chi connectivity index (χ2n) is 6.58. The fraction of sp³-hybridized carbons (Fsp3) is 0.304. The summed E-state index contributed by atoms with van der Waals surface area (Å²) in [5.41, 5.74) is 3.33. The molecule has 4 nitrogen and oxygen atoms in total. The van der Waals surface area contributed by atoms with Gasteiger partial charge in [-0.15, -0.1) is 23.1 Å². The van der Waals surface area contributed by atoms with Crippen molar-refractivity contribution in [3.05, 3.63) is 71.2 Å². The Hall–Kier alpha value is -2.31. The van der Waals surface area contributed by atoms with Crippen molar-refractivity contribution in [1.82, 2.24) is 10.3 Å². The highest BCUT2D eigenvalue weighted by Crippen LogP contribution is 2.28. The number of carbonyl (C=O) groups is 1. The number of carbonyl (C=O) groups excluding carboxylic acids is 1. The van der Waals surface area contributed by atoms with Crippen LogP contribution in [-0.2, 0) is 17.0 Å². The summed E-state index contributed by atoms with van der Waals surface area (Å²) < 4.78 is 5.48. The molecule has 0 radical (unpaired) electrons. The van der Waals surface area contributed by atoms with E-state index in [9.17, 15) is 4.79 Å². The lowest BCUT2D eigenvalue weighted by molar-refractivity contribution is -0.120. The molecular formula is C23H26N2O2S2. The molecule has 3 aromatic rings. The zero-order valence-electron chi connectivity index (χ0n) is 16.8. The van der Waals surface area contributed by atoms with Crippen LogP contribution in [-0.4, -0.2) is 29.3 Å². The summed E-state index contributed by atoms with van der Waals surface area (Å²) in [4.78, 5) is 17.0. The minimum Gasteiger partial charge on any atom is -0.494 e. The smallest absolute Gasteiger partial charge is 0.232 e. The summed E-state index contributed by atoms with van der Waals surface area (Å²) in [5, 5.41) is 5.97. The molecule has 1 aromatic heterocycles. The molecule has 0 fully saturated rings. The molecular weight excluding hydrogens is 400 g/mol. The summed E-state index contributed by atoms with van der Waals surface area (Å²) in [6, 6.07) is 18.2. The number of hydrogen-bond acceptors (Lipinski definition) is 5. The number of thioether (sulfide) groups is 1. The van der Waals surface area contributed by atoms with Crippen LogP contribution in [0.15, 0.2) is 60.0 Å². The number of thiazole rings is 1. The number of benzene rings is 2. The number of aromatic nitrogens is 1. The lowest BCUT2D eigenvalue weighted by atomic mass is 10.1. The van der Waals surface area contributed by atoms with E-state index in [1.807, 2.05) is 56.3 Å². The molecule has 1 amide bonds. The maximum absolute atomic E-state index is 12.3. The summed E-state index contributed by atoms with van der Waals surface area (Å²) in [5.74, 6) is 1.67. The Morgan fingerprint density at radius 3 is 2.66 bits per heavy atom. The molecule has 2 aromatic carbocycles. The predicted octanol–water partition coefficient (Wildman–Crippen LogP) is 5.19. The largest absolute Gasteiger partial charge is 0.494 e. The van der Waals surface area contributed by atoms with E-state index >= 15 is 0 Å². The van der Waals surface area contributed by atoms with E-state index < -0.39 is 0 Å². The molecule has 6 heteroatoms. The Labute approximate surface area is 180 Å². The van der Waals surface area contributed by atoms with Crippen LogP contribution in [0.4, 0.5) is 0 Å². The molecule has 0 aliphatic carbocycles. The number of nitrogens with zero attached hydrogens (tertiary/aromatic N) is 1. The molecule has 0 aliphatic heterocycles. The monoisotopic (exact) mass is 426 g/mol. The Morgan fingerprint density at radius 1 is 1.17 bits per heavy atom. The SMILES string of the molecule is CCOc1ccc(-c2nc(CSC(C)C(=O)NCCc3ccccc3)cs2)cc1. The number of ether oxygens (including phenoxy) is 1. The number of rotatable bonds is 10. The molecule has 0 saturated heterocycles. The molecule has 0 aliphatic rings. The zero-order chi connectivity index (χ0) is 20.5. The van der Waals surface area contributed by atoms with Gasteiger partial charge in [0.05, 0.1) is 17.6 Å². The molecule has 0 spiro atoms. The maximum Gasteiger partial charge on any atom is 0.232 e. The van der Waals surface area contributed by atoms with Crippen molar-refractivity contribution in [2.75, 3.05) is 13.2 Å². The Morgan fingerprint density at radius 2 is 1.93 bits per heavy atom. The molecule has 152 valence electrons. The Bertz CT molecular complexity index is 895. The first kappa shape index (κ1) is 21.4. The number of nitrogens with one attached hydrogen (secondary N) is 1. The van der Waals surface area contributed by atoms with Crippen molar-refractivity contribution >= 4 is 29.0 Å². The first-order valence-electron chi connectivity index (χ1n) is 9.76. The first-order valence-corrected chi connectivity index (χ1v) is 11.7. The highest BCUT2D eigenvalue weighted by atomic mass is 32.2. The van der Waals surface area contributed by atoms with Crippen molar-refractivity contribution in [3.8, 4) is 16.3 Å². The maximum atomic E-state index is 12.3. The van der Waals surface area contributed by atoms with Gasteiger partial charge < -0.3 is 10.1 Å². The number of hydrogen-bond donors (Lipinski definition) is 1. The highest BCUT2D eigenvalue weighted by Gasteiger charge is 2.14. The van der Waals surface area contributed by atoms with Crippen LogP contribution in [0.5, 0.6) is 5.75 Å². The van der Waals surface area contributed by atoms with Crippen LogP contribution in [0.2, 0.25) is 0 Å². The van der Waals surface area contributed by atoms with Crippen LogP contribution in [0.3, 0.4) is 0 Å². The molecule has 1 N–H and O–H groups in total. The van der Waals surface area contributed by atoms with E-state index in [-0.39, 0.29) is 11.2 Å². The third kappa shape index (κ3) is 6.61. The van der Waals surface area contributed by atoms with Gasteiger partial charge in [-0.3, -0.25) is 4.79 Å². The quantitative estimate of drug-likeness (QED) is 0.485. The van der Waals surface area contributed by atoms with Crippen LogP contribution < -0.4 is 10.1 Å². The van der Waals surface area contributed by atoms with Crippen molar-refractivity contribution in [2.24, 2.45) is 0 Å². The van der Waals surface area contributed by atoms with Gasteiger partial charge in [0.2, 0.25) is 5.91 Å². The van der Waals surface area contributed by atoms with Gasteiger partial charge in [-0.2, -0.15) is 0 Å². The summed E-state index contributed by atoms with van der Waals surface area (Å²) in [7, 11) is 0. The van der Waals surface area contributed by atoms with E-state index in [0.717, 1.165) is 34.2 Å². The molecule has 0 bridgehead atoms. The molecule has 1 atom stereocenters. The standard InChI is InChI=1S/C23H26N2O2S2/c1-3-27-21-11-9-19(10-12-21)23-25-20(16-29-23)15-28-17(2)22(26)24-14-13-18-7-5-4-6-8-18/h4-12,16-17H,3,13-15H2,1-2H3,(H,24,26). The van der Waals surface area contributed by atoms with Gasteiger partial charge in [0.15, 0.2) is 0 Å². The predicted molar refractivity (Wildman–Crippen MR) is 123 cm³/mol. The average molecular weight is 427 g/mol. The average Bonchev–Trinajstić information content (AvgIpc) is 3.22. The lowest BCUT2D eigenvalue weighted by Crippen LogP contribution is -2.32. The minimum absolute atomic E-state index is 0.0768. The summed E-state index contributed by atoms with van der Waals surface area (Å²) in [6.07, 6.45) is 0.849. The third-order valence-electron chi connectivity index (χ3n) is 4.37. The van der Waals surface area contributed by atoms with E-state index in [1.165, 1.54) is 5.56 Å². The fourth-order valence-corrected chi connectivity index (χ4v) is 4.51. The third-order valence-corrected chi connectivity index (χ3v) is 6.49. The van der Waals surface area contributed by atoms with Crippen molar-refractivity contribution in [3.63, 3.8) is 0 Å². The Balaban J connectivity index is 1.44. The second-order valence-corrected chi connectivity index (χ2v) is 8.77. The van der Waals surface area contributed by atoms with Crippen molar-refractivity contribution in [2.45, 2.75) is 31.3 Å². The zero-order valence-corrected chi connectivity index (χ0v) is 18.4. The molecule has 1 unspecified atom stereocenters. The van der Waals surface area contributed by atoms with Gasteiger partial charge in [-0.25, -0.2) is 4.98 Å². The summed E-state index contributed by atoms with van der Waals surface area (Å²) >= 11 is 3.24. The van der Waals surface area contributed by atoms with Crippen LogP contribution in [0.25, 0.3) is 10.6 Å². The van der Waals surface area contributed by atoms with Crippen molar-refractivity contribution in [1.29, 1.82) is 0 Å². The van der Waals surface area contributed by atoms with E-state index in [0.29, 0.717) is 13.2 Å². The van der Waals surface area contributed by atoms with E-state index in [1.54, 1.807) is 23.1 Å². The van der Waals surface area contributed by atoms with E-state index in [2.05, 4.69) is 22.8 Å². The Kier molecular flexibility index (Phi) is 8.14. The minimum atomic E-state index is -0.110. The van der Waals surface area contributed by atoms with Crippen LogP contribution in [0.1, 0.15) is 25.1 Å². The van der Waals surface area contributed by atoms with Crippen LogP contribution in [0, 0.1) is 0 Å². The molecule has 0 saturated carbocycles. The first-order chi connectivity index (χ1) is 14.2. The van der Waals surface area contributed by atoms with Gasteiger partial charge in [0.25, 0.3) is 0 Å². The van der Waals surface area contributed by atoms with Gasteiger partial charge in [-0.1, -0.05) is 30.3 Å². The number of amides is 1. The summed E-state index contributed by atoms with van der Waals surface area (Å²) in [6.45, 7) is 5.24. The highest BCUT2D eigenvalue weighted by molar-refractivity contribution is 7.99.